The lowest BCUT2D eigenvalue weighted by atomic mass is 9.69. The van der Waals surface area contributed by atoms with Crippen LogP contribution in [0.4, 0.5) is 0 Å². The molecule has 3 heteroatoms. The first kappa shape index (κ1) is 16.8. The fraction of sp³-hybridized carbons (Fsp3) is 0.944. The van der Waals surface area contributed by atoms with Crippen molar-refractivity contribution >= 4 is 5.91 Å². The van der Waals surface area contributed by atoms with E-state index in [0.717, 1.165) is 31.8 Å². The molecule has 0 heterocycles. The minimum atomic E-state index is 0.251. The highest BCUT2D eigenvalue weighted by atomic mass is 16.1. The molecule has 0 spiro atoms. The maximum absolute atomic E-state index is 12.4. The third kappa shape index (κ3) is 4.45. The van der Waals surface area contributed by atoms with Gasteiger partial charge in [0.15, 0.2) is 0 Å². The molecule has 3 N–H and O–H groups in total. The van der Waals surface area contributed by atoms with E-state index in [9.17, 15) is 4.79 Å². The van der Waals surface area contributed by atoms with Gasteiger partial charge in [0.2, 0.25) is 5.91 Å². The number of carbonyl (C=O) groups excluding carboxylic acids is 1. The average molecular weight is 294 g/mol. The highest BCUT2D eigenvalue weighted by molar-refractivity contribution is 5.78. The monoisotopic (exact) mass is 294 g/mol. The van der Waals surface area contributed by atoms with E-state index in [1.807, 2.05) is 0 Å². The molecule has 2 atom stereocenters. The molecule has 2 unspecified atom stereocenters. The van der Waals surface area contributed by atoms with Crippen LogP contribution < -0.4 is 11.1 Å². The third-order valence-electron chi connectivity index (χ3n) is 5.98. The summed E-state index contributed by atoms with van der Waals surface area (Å²) in [5.41, 5.74) is 6.21. The van der Waals surface area contributed by atoms with Crippen LogP contribution in [-0.4, -0.2) is 19.0 Å². The van der Waals surface area contributed by atoms with Crippen molar-refractivity contribution in [2.45, 2.75) is 65.7 Å². The highest BCUT2D eigenvalue weighted by Crippen LogP contribution is 2.39. The average Bonchev–Trinajstić information content (AvgIpc) is 2.91. The smallest absolute Gasteiger partial charge is 0.223 e. The van der Waals surface area contributed by atoms with Crippen LogP contribution in [0, 0.1) is 29.1 Å². The second-order valence-electron chi connectivity index (χ2n) is 8.35. The Balaban J connectivity index is 1.73. The first-order valence-corrected chi connectivity index (χ1v) is 8.89. The van der Waals surface area contributed by atoms with Gasteiger partial charge in [-0.3, -0.25) is 4.79 Å². The Hall–Kier alpha value is -0.570. The Kier molecular flexibility index (Phi) is 5.70. The molecule has 122 valence electrons. The summed E-state index contributed by atoms with van der Waals surface area (Å²) in [5.74, 6) is 2.57. The van der Waals surface area contributed by atoms with Gasteiger partial charge in [0.1, 0.15) is 0 Å². The molecule has 2 rings (SSSR count). The van der Waals surface area contributed by atoms with Gasteiger partial charge in [0.25, 0.3) is 0 Å². The van der Waals surface area contributed by atoms with Crippen molar-refractivity contribution in [2.75, 3.05) is 13.1 Å². The van der Waals surface area contributed by atoms with E-state index in [-0.39, 0.29) is 5.92 Å². The molecule has 0 aromatic carbocycles. The SMILES string of the molecule is CC(C)(C)C1CCC(C(=O)NCC2CCCC2CN)CC1. The molecule has 0 saturated heterocycles. The van der Waals surface area contributed by atoms with Crippen LogP contribution >= 0.6 is 0 Å². The van der Waals surface area contributed by atoms with Gasteiger partial charge in [-0.25, -0.2) is 0 Å². The van der Waals surface area contributed by atoms with Crippen LogP contribution in [0.2, 0.25) is 0 Å². The number of carbonyl (C=O) groups is 1. The largest absolute Gasteiger partial charge is 0.356 e. The van der Waals surface area contributed by atoms with Gasteiger partial charge >= 0.3 is 0 Å². The Morgan fingerprint density at radius 2 is 1.67 bits per heavy atom. The number of hydrogen-bond acceptors (Lipinski definition) is 2. The Morgan fingerprint density at radius 3 is 2.24 bits per heavy atom. The maximum atomic E-state index is 12.4. The van der Waals surface area contributed by atoms with E-state index in [1.165, 1.54) is 32.1 Å². The van der Waals surface area contributed by atoms with Crippen molar-refractivity contribution in [3.63, 3.8) is 0 Å². The Labute approximate surface area is 130 Å². The molecule has 1 amide bonds. The Morgan fingerprint density at radius 1 is 1.05 bits per heavy atom. The van der Waals surface area contributed by atoms with Crippen LogP contribution in [0.3, 0.4) is 0 Å². The molecule has 21 heavy (non-hydrogen) atoms. The van der Waals surface area contributed by atoms with Crippen molar-refractivity contribution in [1.29, 1.82) is 0 Å². The van der Waals surface area contributed by atoms with Gasteiger partial charge in [0.05, 0.1) is 0 Å². The van der Waals surface area contributed by atoms with Crippen LogP contribution in [-0.2, 0) is 4.79 Å². The molecule has 0 aliphatic heterocycles. The number of rotatable bonds is 4. The predicted octanol–water partition coefficient (Wildman–Crippen LogP) is 3.33. The lowest BCUT2D eigenvalue weighted by molar-refractivity contribution is -0.126. The van der Waals surface area contributed by atoms with Gasteiger partial charge < -0.3 is 11.1 Å². The van der Waals surface area contributed by atoms with E-state index in [4.69, 9.17) is 5.73 Å². The van der Waals surface area contributed by atoms with Gasteiger partial charge in [-0.2, -0.15) is 0 Å². The van der Waals surface area contributed by atoms with Gasteiger partial charge in [-0.15, -0.1) is 0 Å². The number of amides is 1. The molecule has 3 nitrogen and oxygen atoms in total. The van der Waals surface area contributed by atoms with E-state index >= 15 is 0 Å². The second kappa shape index (κ2) is 7.13. The summed E-state index contributed by atoms with van der Waals surface area (Å²) >= 11 is 0. The maximum Gasteiger partial charge on any atom is 0.223 e. The first-order valence-electron chi connectivity index (χ1n) is 8.89. The molecule has 2 saturated carbocycles. The van der Waals surface area contributed by atoms with Crippen LogP contribution in [0.5, 0.6) is 0 Å². The number of nitrogens with two attached hydrogens (primary N) is 1. The molecule has 0 aromatic rings. The molecule has 2 fully saturated rings. The molecular weight excluding hydrogens is 260 g/mol. The topological polar surface area (TPSA) is 55.1 Å². The van der Waals surface area contributed by atoms with Gasteiger partial charge in [0, 0.05) is 12.5 Å². The lowest BCUT2D eigenvalue weighted by Gasteiger charge is -2.36. The quantitative estimate of drug-likeness (QED) is 0.835. The van der Waals surface area contributed by atoms with E-state index in [2.05, 4.69) is 26.1 Å². The van der Waals surface area contributed by atoms with Crippen molar-refractivity contribution in [1.82, 2.24) is 5.32 Å². The normalized spacial score (nSPS) is 33.9. The fourth-order valence-corrected chi connectivity index (χ4v) is 4.29. The zero-order chi connectivity index (χ0) is 15.5. The summed E-state index contributed by atoms with van der Waals surface area (Å²) in [5, 5.41) is 3.22. The van der Waals surface area contributed by atoms with Gasteiger partial charge in [-0.05, 0) is 68.2 Å². The van der Waals surface area contributed by atoms with Crippen molar-refractivity contribution in [3.8, 4) is 0 Å². The molecule has 2 aliphatic carbocycles. The lowest BCUT2D eigenvalue weighted by Crippen LogP contribution is -2.38. The minimum absolute atomic E-state index is 0.251. The molecular formula is C18H34N2O. The summed E-state index contributed by atoms with van der Waals surface area (Å²) < 4.78 is 0. The minimum Gasteiger partial charge on any atom is -0.356 e. The number of nitrogens with one attached hydrogen (secondary N) is 1. The fourth-order valence-electron chi connectivity index (χ4n) is 4.29. The molecule has 0 bridgehead atoms. The van der Waals surface area contributed by atoms with Crippen molar-refractivity contribution in [2.24, 2.45) is 34.8 Å². The summed E-state index contributed by atoms with van der Waals surface area (Å²) in [4.78, 5) is 12.4. The van der Waals surface area contributed by atoms with E-state index in [1.54, 1.807) is 0 Å². The predicted molar refractivity (Wildman–Crippen MR) is 87.8 cm³/mol. The standard InChI is InChI=1S/C18H34N2O/c1-18(2,3)16-9-7-13(8-10-16)17(21)20-12-15-6-4-5-14(15)11-19/h13-16H,4-12,19H2,1-3H3,(H,20,21). The summed E-state index contributed by atoms with van der Waals surface area (Å²) in [7, 11) is 0. The molecule has 2 aliphatic rings. The second-order valence-corrected chi connectivity index (χ2v) is 8.35. The van der Waals surface area contributed by atoms with Crippen LogP contribution in [0.25, 0.3) is 0 Å². The number of hydrogen-bond donors (Lipinski definition) is 2. The van der Waals surface area contributed by atoms with E-state index in [0.29, 0.717) is 23.2 Å². The third-order valence-corrected chi connectivity index (χ3v) is 5.98. The van der Waals surface area contributed by atoms with Crippen molar-refractivity contribution in [3.05, 3.63) is 0 Å². The summed E-state index contributed by atoms with van der Waals surface area (Å²) in [6.45, 7) is 8.60. The zero-order valence-electron chi connectivity index (χ0n) is 14.2. The van der Waals surface area contributed by atoms with Crippen LogP contribution in [0.1, 0.15) is 65.7 Å². The van der Waals surface area contributed by atoms with Crippen molar-refractivity contribution < 1.29 is 4.79 Å². The zero-order valence-corrected chi connectivity index (χ0v) is 14.2. The van der Waals surface area contributed by atoms with Gasteiger partial charge in [-0.1, -0.05) is 27.2 Å². The highest BCUT2D eigenvalue weighted by Gasteiger charge is 2.33. The summed E-state index contributed by atoms with van der Waals surface area (Å²) in [6.07, 6.45) is 8.30. The summed E-state index contributed by atoms with van der Waals surface area (Å²) in [6, 6.07) is 0. The van der Waals surface area contributed by atoms with E-state index < -0.39 is 0 Å². The first-order chi connectivity index (χ1) is 9.91. The Bertz CT molecular complexity index is 340. The van der Waals surface area contributed by atoms with Crippen LogP contribution in [0.15, 0.2) is 0 Å². The molecule has 0 radical (unpaired) electrons. The molecule has 0 aromatic heterocycles.